The second kappa shape index (κ2) is 6.27. The van der Waals surface area contributed by atoms with Gasteiger partial charge < -0.3 is 13.9 Å². The van der Waals surface area contributed by atoms with Crippen LogP contribution in [0.1, 0.15) is 11.3 Å². The van der Waals surface area contributed by atoms with Crippen molar-refractivity contribution in [1.29, 1.82) is 0 Å². The molecule has 0 aliphatic heterocycles. The van der Waals surface area contributed by atoms with E-state index in [-0.39, 0.29) is 11.5 Å². The van der Waals surface area contributed by atoms with Crippen molar-refractivity contribution < 1.29 is 35.8 Å². The van der Waals surface area contributed by atoms with E-state index in [0.717, 1.165) is 17.5 Å². The third-order valence-electron chi connectivity index (χ3n) is 3.33. The minimum Gasteiger partial charge on any atom is -0.461 e. The van der Waals surface area contributed by atoms with Gasteiger partial charge in [-0.25, -0.2) is 0 Å². The lowest BCUT2D eigenvalue weighted by atomic mass is 10.2. The fourth-order valence-corrected chi connectivity index (χ4v) is 2.29. The maximum Gasteiger partial charge on any atom is 0.416 e. The van der Waals surface area contributed by atoms with Crippen molar-refractivity contribution in [3.05, 3.63) is 53.8 Å². The van der Waals surface area contributed by atoms with Gasteiger partial charge in [0.15, 0.2) is 11.5 Å². The predicted molar refractivity (Wildman–Crippen MR) is 79.1 cm³/mol. The zero-order valence-electron chi connectivity index (χ0n) is 12.7. The van der Waals surface area contributed by atoms with Crippen LogP contribution in [0.25, 0.3) is 11.0 Å². The van der Waals surface area contributed by atoms with Crippen molar-refractivity contribution in [3.63, 3.8) is 0 Å². The Hall–Kier alpha value is -2.77. The molecule has 3 aromatic rings. The minimum absolute atomic E-state index is 0.209. The van der Waals surface area contributed by atoms with Crippen molar-refractivity contribution >= 4 is 11.0 Å². The molecule has 0 saturated carbocycles. The van der Waals surface area contributed by atoms with E-state index in [0.29, 0.717) is 17.4 Å². The van der Waals surface area contributed by atoms with E-state index < -0.39 is 24.1 Å². The van der Waals surface area contributed by atoms with Gasteiger partial charge in [0.2, 0.25) is 0 Å². The predicted octanol–water partition coefficient (Wildman–Crippen LogP) is 6.15. The molecular formula is C17H11F5O3. The van der Waals surface area contributed by atoms with Crippen LogP contribution < -0.4 is 9.47 Å². The highest BCUT2D eigenvalue weighted by Gasteiger charge is 2.32. The van der Waals surface area contributed by atoms with Crippen LogP contribution in [0.2, 0.25) is 0 Å². The van der Waals surface area contributed by atoms with Crippen LogP contribution in [0, 0.1) is 6.92 Å². The zero-order valence-corrected chi connectivity index (χ0v) is 12.7. The Balaban J connectivity index is 1.96. The van der Waals surface area contributed by atoms with Gasteiger partial charge in [0.1, 0.15) is 17.1 Å². The van der Waals surface area contributed by atoms with Gasteiger partial charge in [-0.15, -0.1) is 0 Å². The maximum absolute atomic E-state index is 12.7. The summed E-state index contributed by atoms with van der Waals surface area (Å²) in [6.45, 7) is -1.54. The van der Waals surface area contributed by atoms with E-state index in [2.05, 4.69) is 4.74 Å². The molecule has 2 aromatic carbocycles. The Morgan fingerprint density at radius 2 is 1.72 bits per heavy atom. The summed E-state index contributed by atoms with van der Waals surface area (Å²) in [6, 6.07) is 8.65. The molecule has 0 fully saturated rings. The van der Waals surface area contributed by atoms with E-state index in [4.69, 9.17) is 9.15 Å². The molecule has 0 saturated heterocycles. The first-order chi connectivity index (χ1) is 11.7. The minimum atomic E-state index is -4.69. The summed E-state index contributed by atoms with van der Waals surface area (Å²) in [5.41, 5.74) is -0.620. The highest BCUT2D eigenvalue weighted by Crippen LogP contribution is 2.39. The number of ether oxygens (including phenoxy) is 2. The third kappa shape index (κ3) is 3.84. The highest BCUT2D eigenvalue weighted by atomic mass is 19.4. The van der Waals surface area contributed by atoms with Crippen molar-refractivity contribution in [2.45, 2.75) is 19.7 Å². The largest absolute Gasteiger partial charge is 0.461 e. The number of hydrogen-bond acceptors (Lipinski definition) is 3. The lowest BCUT2D eigenvalue weighted by Crippen LogP contribution is -2.08. The molecule has 0 spiro atoms. The van der Waals surface area contributed by atoms with Gasteiger partial charge in [0.25, 0.3) is 0 Å². The average Bonchev–Trinajstić information content (AvgIpc) is 2.86. The lowest BCUT2D eigenvalue weighted by Gasteiger charge is -2.14. The maximum atomic E-state index is 12.7. The van der Waals surface area contributed by atoms with E-state index >= 15 is 0 Å². The number of alkyl halides is 5. The summed E-state index contributed by atoms with van der Waals surface area (Å²) in [4.78, 5) is 0. The van der Waals surface area contributed by atoms with Gasteiger partial charge in [-0.1, -0.05) is 0 Å². The van der Waals surface area contributed by atoms with Gasteiger partial charge in [-0.05, 0) is 43.3 Å². The molecular weight excluding hydrogens is 347 g/mol. The summed E-state index contributed by atoms with van der Waals surface area (Å²) < 4.78 is 78.2. The van der Waals surface area contributed by atoms with Gasteiger partial charge in [-0.2, -0.15) is 22.0 Å². The number of hydrogen-bond donors (Lipinski definition) is 0. The highest BCUT2D eigenvalue weighted by molar-refractivity contribution is 5.79. The van der Waals surface area contributed by atoms with E-state index in [1.54, 1.807) is 25.1 Å². The van der Waals surface area contributed by atoms with Crippen LogP contribution in [0.3, 0.4) is 0 Å². The van der Waals surface area contributed by atoms with Crippen LogP contribution in [0.4, 0.5) is 22.0 Å². The second-order valence-electron chi connectivity index (χ2n) is 5.20. The van der Waals surface area contributed by atoms with Crippen LogP contribution in [-0.2, 0) is 6.18 Å². The Morgan fingerprint density at radius 3 is 2.40 bits per heavy atom. The number of rotatable bonds is 4. The average molecular weight is 358 g/mol. The SMILES string of the molecule is Cc1cc2ccc(Oc3ccc(C(F)(F)F)cc3OC(F)F)cc2o1. The van der Waals surface area contributed by atoms with E-state index in [1.165, 1.54) is 6.07 Å². The molecule has 0 aliphatic rings. The smallest absolute Gasteiger partial charge is 0.416 e. The molecule has 0 aliphatic carbocycles. The summed E-state index contributed by atoms with van der Waals surface area (Å²) in [5, 5.41) is 0.807. The molecule has 0 amide bonds. The molecule has 132 valence electrons. The van der Waals surface area contributed by atoms with Gasteiger partial charge >= 0.3 is 12.8 Å². The Bertz CT molecular complexity index is 899. The van der Waals surface area contributed by atoms with Crippen LogP contribution >= 0.6 is 0 Å². The normalized spacial score (nSPS) is 12.0. The van der Waals surface area contributed by atoms with Gasteiger partial charge in [0, 0.05) is 11.5 Å². The summed E-state index contributed by atoms with van der Waals surface area (Å²) in [6.07, 6.45) is -4.69. The number of furan rings is 1. The summed E-state index contributed by atoms with van der Waals surface area (Å²) >= 11 is 0. The van der Waals surface area contributed by atoms with Crippen molar-refractivity contribution in [1.82, 2.24) is 0 Å². The first-order valence-electron chi connectivity index (χ1n) is 7.06. The molecule has 0 atom stereocenters. The number of aryl methyl sites for hydroxylation is 1. The summed E-state index contributed by atoms with van der Waals surface area (Å²) in [7, 11) is 0. The molecule has 0 N–H and O–H groups in total. The molecule has 0 radical (unpaired) electrons. The molecule has 3 rings (SSSR count). The van der Waals surface area contributed by atoms with Crippen LogP contribution in [0.15, 0.2) is 46.9 Å². The number of fused-ring (bicyclic) bond motifs is 1. The monoisotopic (exact) mass is 358 g/mol. The van der Waals surface area contributed by atoms with Crippen LogP contribution in [0.5, 0.6) is 17.2 Å². The molecule has 0 bridgehead atoms. The Labute approximate surface area is 138 Å². The van der Waals surface area contributed by atoms with E-state index in [9.17, 15) is 22.0 Å². The third-order valence-corrected chi connectivity index (χ3v) is 3.33. The van der Waals surface area contributed by atoms with Crippen LogP contribution in [-0.4, -0.2) is 6.61 Å². The van der Waals surface area contributed by atoms with E-state index in [1.807, 2.05) is 0 Å². The molecule has 3 nitrogen and oxygen atoms in total. The Kier molecular flexibility index (Phi) is 4.28. The standard InChI is InChI=1S/C17H11F5O3/c1-9-6-10-2-4-12(8-14(10)23-9)24-13-5-3-11(17(20,21)22)7-15(13)25-16(18)19/h2-8,16H,1H3. The number of halogens is 5. The molecule has 1 aromatic heterocycles. The molecule has 1 heterocycles. The topological polar surface area (TPSA) is 31.6 Å². The molecule has 25 heavy (non-hydrogen) atoms. The Morgan fingerprint density at radius 1 is 0.960 bits per heavy atom. The summed E-state index contributed by atoms with van der Waals surface area (Å²) in [5.74, 6) is -0.0967. The quantitative estimate of drug-likeness (QED) is 0.524. The zero-order chi connectivity index (χ0) is 18.2. The van der Waals surface area contributed by atoms with Crippen molar-refractivity contribution in [2.24, 2.45) is 0 Å². The van der Waals surface area contributed by atoms with Gasteiger partial charge in [0.05, 0.1) is 5.56 Å². The second-order valence-corrected chi connectivity index (χ2v) is 5.20. The van der Waals surface area contributed by atoms with Crippen molar-refractivity contribution in [3.8, 4) is 17.2 Å². The first-order valence-corrected chi connectivity index (χ1v) is 7.06. The fraction of sp³-hybridized carbons (Fsp3) is 0.176. The fourth-order valence-electron chi connectivity index (χ4n) is 2.29. The van der Waals surface area contributed by atoms with Crippen molar-refractivity contribution in [2.75, 3.05) is 0 Å². The lowest BCUT2D eigenvalue weighted by molar-refractivity contribution is -0.138. The molecule has 8 heteroatoms. The first kappa shape index (κ1) is 17.1. The van der Waals surface area contributed by atoms with Gasteiger partial charge in [-0.3, -0.25) is 0 Å². The number of benzene rings is 2. The molecule has 0 unspecified atom stereocenters.